The van der Waals surface area contributed by atoms with E-state index in [0.29, 0.717) is 16.5 Å². The first-order chi connectivity index (χ1) is 14.3. The highest BCUT2D eigenvalue weighted by molar-refractivity contribution is 6.31. The number of rotatable bonds is 6. The van der Waals surface area contributed by atoms with Gasteiger partial charge in [0.25, 0.3) is 0 Å². The zero-order valence-corrected chi connectivity index (χ0v) is 17.9. The maximum absolute atomic E-state index is 12.3. The van der Waals surface area contributed by atoms with Gasteiger partial charge in [-0.15, -0.1) is 0 Å². The highest BCUT2D eigenvalue weighted by Crippen LogP contribution is 2.37. The molecule has 2 heterocycles. The van der Waals surface area contributed by atoms with Gasteiger partial charge in [-0.2, -0.15) is 5.10 Å². The third-order valence-corrected chi connectivity index (χ3v) is 6.21. The Bertz CT molecular complexity index is 956. The summed E-state index contributed by atoms with van der Waals surface area (Å²) in [5.74, 6) is 0.477. The number of carbonyl (C=O) groups excluding carboxylic acids is 2. The van der Waals surface area contributed by atoms with Crippen molar-refractivity contribution in [3.8, 4) is 0 Å². The smallest absolute Gasteiger partial charge is 0.407 e. The number of amides is 2. The van der Waals surface area contributed by atoms with Crippen LogP contribution in [0.3, 0.4) is 0 Å². The number of aromatic amines is 1. The molecule has 0 bridgehead atoms. The summed E-state index contributed by atoms with van der Waals surface area (Å²) in [4.78, 5) is 28.5. The Hall–Kier alpha value is -2.61. The van der Waals surface area contributed by atoms with Gasteiger partial charge in [-0.05, 0) is 57.6 Å². The van der Waals surface area contributed by atoms with Crippen LogP contribution in [0.15, 0.2) is 18.3 Å². The Balaban J connectivity index is 1.27. The summed E-state index contributed by atoms with van der Waals surface area (Å²) >= 11 is 6.09. The minimum atomic E-state index is -0.331. The van der Waals surface area contributed by atoms with Gasteiger partial charge in [0.1, 0.15) is 6.10 Å². The number of anilines is 1. The van der Waals surface area contributed by atoms with Crippen molar-refractivity contribution in [2.24, 2.45) is 0 Å². The fraction of sp³-hybridized carbons (Fsp3) is 0.524. The predicted octanol–water partition coefficient (Wildman–Crippen LogP) is 3.86. The Labute approximate surface area is 180 Å². The number of carbonyl (C=O) groups is 2. The highest BCUT2D eigenvalue weighted by atomic mass is 35.5. The van der Waals surface area contributed by atoms with Crippen molar-refractivity contribution in [2.75, 3.05) is 5.32 Å². The monoisotopic (exact) mass is 431 g/mol. The molecule has 2 amide bonds. The number of nitrogens with one attached hydrogen (secondary N) is 3. The summed E-state index contributed by atoms with van der Waals surface area (Å²) in [5, 5.41) is 13.5. The molecule has 2 saturated carbocycles. The second kappa shape index (κ2) is 8.26. The van der Waals surface area contributed by atoms with E-state index in [4.69, 9.17) is 16.3 Å². The van der Waals surface area contributed by atoms with Crippen LogP contribution in [-0.2, 0) is 16.0 Å². The van der Waals surface area contributed by atoms with E-state index in [2.05, 4.69) is 25.8 Å². The lowest BCUT2D eigenvalue weighted by molar-refractivity contribution is -0.115. The molecule has 160 valence electrons. The molecule has 0 saturated heterocycles. The van der Waals surface area contributed by atoms with Crippen molar-refractivity contribution in [2.45, 2.75) is 69.9 Å². The first-order valence-corrected chi connectivity index (χ1v) is 10.6. The average molecular weight is 432 g/mol. The number of alkyl carbamates (subject to hydrolysis) is 1. The van der Waals surface area contributed by atoms with Crippen molar-refractivity contribution in [3.05, 3.63) is 40.3 Å². The number of hydrogen-bond acceptors (Lipinski definition) is 5. The van der Waals surface area contributed by atoms with Gasteiger partial charge in [0.15, 0.2) is 5.82 Å². The summed E-state index contributed by atoms with van der Waals surface area (Å²) in [6.07, 6.45) is 5.81. The van der Waals surface area contributed by atoms with Crippen LogP contribution in [0.4, 0.5) is 10.6 Å². The molecule has 2 atom stereocenters. The van der Waals surface area contributed by atoms with Gasteiger partial charge in [0.05, 0.1) is 12.1 Å². The Morgan fingerprint density at radius 2 is 2.13 bits per heavy atom. The van der Waals surface area contributed by atoms with Crippen LogP contribution in [0.25, 0.3) is 0 Å². The van der Waals surface area contributed by atoms with Crippen molar-refractivity contribution in [1.29, 1.82) is 0 Å². The number of aromatic nitrogens is 3. The van der Waals surface area contributed by atoms with Crippen molar-refractivity contribution in [1.82, 2.24) is 20.5 Å². The number of halogens is 1. The van der Waals surface area contributed by atoms with Crippen LogP contribution >= 0.6 is 11.6 Å². The topological polar surface area (TPSA) is 109 Å². The zero-order valence-electron chi connectivity index (χ0n) is 17.1. The van der Waals surface area contributed by atoms with E-state index in [9.17, 15) is 9.59 Å². The minimum Gasteiger partial charge on any atom is -0.446 e. The zero-order chi connectivity index (χ0) is 21.3. The lowest BCUT2D eigenvalue weighted by Crippen LogP contribution is -2.36. The minimum absolute atomic E-state index is 0.0784. The van der Waals surface area contributed by atoms with Crippen molar-refractivity contribution < 1.29 is 14.3 Å². The molecule has 3 N–H and O–H groups in total. The third kappa shape index (κ3) is 5.11. The summed E-state index contributed by atoms with van der Waals surface area (Å²) in [6, 6.07) is 3.54. The summed E-state index contributed by atoms with van der Waals surface area (Å²) in [7, 11) is 0. The van der Waals surface area contributed by atoms with E-state index in [0.717, 1.165) is 43.4 Å². The van der Waals surface area contributed by atoms with E-state index in [1.165, 1.54) is 0 Å². The number of nitrogens with zero attached hydrogens (tertiary/aromatic N) is 2. The van der Waals surface area contributed by atoms with Crippen LogP contribution in [0.5, 0.6) is 0 Å². The molecule has 0 aromatic carbocycles. The van der Waals surface area contributed by atoms with Gasteiger partial charge in [0, 0.05) is 34.4 Å². The second-order valence-corrected chi connectivity index (χ2v) is 8.99. The van der Waals surface area contributed by atoms with E-state index in [1.54, 1.807) is 12.3 Å². The van der Waals surface area contributed by atoms with Crippen molar-refractivity contribution in [3.63, 3.8) is 0 Å². The van der Waals surface area contributed by atoms with Gasteiger partial charge in [0.2, 0.25) is 5.91 Å². The molecule has 2 aliphatic rings. The van der Waals surface area contributed by atoms with Crippen molar-refractivity contribution >= 4 is 29.4 Å². The maximum Gasteiger partial charge on any atom is 0.407 e. The molecule has 0 aliphatic heterocycles. The van der Waals surface area contributed by atoms with E-state index >= 15 is 0 Å². The first kappa shape index (κ1) is 20.7. The number of ether oxygens (including phenoxy) is 1. The lowest BCUT2D eigenvalue weighted by atomic mass is 10.0. The molecule has 0 unspecified atom stereocenters. The van der Waals surface area contributed by atoms with Gasteiger partial charge in [-0.25, -0.2) is 4.79 Å². The molecule has 0 spiro atoms. The maximum atomic E-state index is 12.3. The Morgan fingerprint density at radius 1 is 1.33 bits per heavy atom. The highest BCUT2D eigenvalue weighted by Gasteiger charge is 2.40. The molecule has 9 heteroatoms. The first-order valence-electron chi connectivity index (χ1n) is 10.2. The summed E-state index contributed by atoms with van der Waals surface area (Å²) < 4.78 is 5.56. The van der Waals surface area contributed by atoms with Gasteiger partial charge in [-0.3, -0.25) is 14.9 Å². The normalized spacial score (nSPS) is 21.8. The molecular weight excluding hydrogens is 406 g/mol. The van der Waals surface area contributed by atoms with Gasteiger partial charge < -0.3 is 15.4 Å². The molecular formula is C21H26ClN5O3. The Morgan fingerprint density at radius 3 is 2.87 bits per heavy atom. The molecule has 2 aromatic rings. The summed E-state index contributed by atoms with van der Waals surface area (Å²) in [6.45, 7) is 3.89. The number of H-pyrrole nitrogens is 1. The second-order valence-electron chi connectivity index (χ2n) is 8.58. The molecule has 0 radical (unpaired) electrons. The molecule has 2 aliphatic carbocycles. The Kier molecular flexibility index (Phi) is 5.69. The standard InChI is InChI=1S/C21H26ClN5O3/c1-12-11-23-14(8-16(12)22)9-19(28)24-18-10-17(26-27-18)13-3-4-15(7-13)30-20(29)25-21(2)5-6-21/h8,10-11,13,15H,3-7,9H2,1-2H3,(H,25,29)(H2,24,26,27,28)/t13-,15+/m0/s1. The average Bonchev–Trinajstić information content (AvgIpc) is 3.07. The fourth-order valence-electron chi connectivity index (χ4n) is 3.67. The van der Waals surface area contributed by atoms with Crippen LogP contribution in [0, 0.1) is 6.92 Å². The molecule has 2 fully saturated rings. The van der Waals surface area contributed by atoms with Gasteiger partial charge in [-0.1, -0.05) is 11.6 Å². The van der Waals surface area contributed by atoms with E-state index in [1.807, 2.05) is 19.9 Å². The molecule has 8 nitrogen and oxygen atoms in total. The number of hydrogen-bond donors (Lipinski definition) is 3. The third-order valence-electron chi connectivity index (χ3n) is 5.80. The largest absolute Gasteiger partial charge is 0.446 e. The quantitative estimate of drug-likeness (QED) is 0.643. The van der Waals surface area contributed by atoms with Crippen LogP contribution in [-0.4, -0.2) is 38.8 Å². The van der Waals surface area contributed by atoms with Crippen LogP contribution in [0.1, 0.15) is 61.9 Å². The molecule has 30 heavy (non-hydrogen) atoms. The molecule has 4 rings (SSSR count). The van der Waals surface area contributed by atoms with Gasteiger partial charge >= 0.3 is 6.09 Å². The lowest BCUT2D eigenvalue weighted by Gasteiger charge is -2.16. The van der Waals surface area contributed by atoms with E-state index < -0.39 is 0 Å². The number of aryl methyl sites for hydroxylation is 1. The number of pyridine rings is 1. The van der Waals surface area contributed by atoms with E-state index in [-0.39, 0.29) is 36.0 Å². The summed E-state index contributed by atoms with van der Waals surface area (Å²) in [5.41, 5.74) is 2.33. The predicted molar refractivity (Wildman–Crippen MR) is 113 cm³/mol. The SMILES string of the molecule is Cc1cnc(CC(=O)Nc2cc([C@H]3CC[C@@H](OC(=O)NC4(C)CC4)C3)[nH]n2)cc1Cl. The fourth-order valence-corrected chi connectivity index (χ4v) is 3.84. The van der Waals surface area contributed by atoms with Crippen LogP contribution in [0.2, 0.25) is 5.02 Å². The van der Waals surface area contributed by atoms with Crippen LogP contribution < -0.4 is 10.6 Å². The molecule has 2 aromatic heterocycles.